The molecular formula is C10H18N4O2S. The van der Waals surface area contributed by atoms with Gasteiger partial charge in [0.05, 0.1) is 6.20 Å². The first-order chi connectivity index (χ1) is 7.99. The highest BCUT2D eigenvalue weighted by molar-refractivity contribution is 7.89. The third-order valence-electron chi connectivity index (χ3n) is 3.00. The molecule has 1 saturated heterocycles. The number of rotatable bonds is 3. The number of aryl methyl sites for hydroxylation is 1. The number of nitrogens with one attached hydrogen (secondary N) is 2. The van der Waals surface area contributed by atoms with Crippen molar-refractivity contribution in [3.05, 3.63) is 12.3 Å². The largest absolute Gasteiger partial charge is 0.314 e. The maximum absolute atomic E-state index is 12.1. The van der Waals surface area contributed by atoms with Crippen LogP contribution in [0.5, 0.6) is 0 Å². The van der Waals surface area contributed by atoms with Crippen LogP contribution in [0.4, 0.5) is 0 Å². The zero-order chi connectivity index (χ0) is 12.5. The molecule has 6 nitrogen and oxygen atoms in total. The van der Waals surface area contributed by atoms with Crippen molar-refractivity contribution in [1.29, 1.82) is 0 Å². The van der Waals surface area contributed by atoms with Gasteiger partial charge in [-0.15, -0.1) is 0 Å². The minimum Gasteiger partial charge on any atom is -0.314 e. The molecule has 1 aromatic heterocycles. The Morgan fingerprint density at radius 2 is 2.35 bits per heavy atom. The van der Waals surface area contributed by atoms with Gasteiger partial charge in [-0.2, -0.15) is 5.10 Å². The van der Waals surface area contributed by atoms with Crippen LogP contribution >= 0.6 is 0 Å². The van der Waals surface area contributed by atoms with Crippen LogP contribution in [-0.2, 0) is 17.1 Å². The monoisotopic (exact) mass is 258 g/mol. The van der Waals surface area contributed by atoms with Gasteiger partial charge in [-0.3, -0.25) is 4.68 Å². The van der Waals surface area contributed by atoms with Gasteiger partial charge >= 0.3 is 0 Å². The lowest BCUT2D eigenvalue weighted by Gasteiger charge is -2.28. The average molecular weight is 258 g/mol. The number of nitrogens with zero attached hydrogens (tertiary/aromatic N) is 2. The zero-order valence-electron chi connectivity index (χ0n) is 10.0. The topological polar surface area (TPSA) is 76.0 Å². The third kappa shape index (κ3) is 2.85. The lowest BCUT2D eigenvalue weighted by Crippen LogP contribution is -2.46. The Labute approximate surface area is 101 Å². The number of piperidine rings is 1. The van der Waals surface area contributed by atoms with E-state index in [9.17, 15) is 8.42 Å². The fraction of sp³-hybridized carbons (Fsp3) is 0.700. The molecule has 0 saturated carbocycles. The van der Waals surface area contributed by atoms with E-state index in [0.717, 1.165) is 19.4 Å². The predicted molar refractivity (Wildman–Crippen MR) is 64.0 cm³/mol. The highest BCUT2D eigenvalue weighted by Gasteiger charge is 2.25. The summed E-state index contributed by atoms with van der Waals surface area (Å²) >= 11 is 0. The Hall–Kier alpha value is -0.920. The van der Waals surface area contributed by atoms with E-state index < -0.39 is 10.0 Å². The fourth-order valence-electron chi connectivity index (χ4n) is 2.14. The molecule has 2 N–H and O–H groups in total. The Bertz CT molecular complexity index is 482. The first kappa shape index (κ1) is 12.5. The van der Waals surface area contributed by atoms with Crippen LogP contribution in [0.1, 0.15) is 19.8 Å². The van der Waals surface area contributed by atoms with Crippen molar-refractivity contribution in [3.8, 4) is 0 Å². The summed E-state index contributed by atoms with van der Waals surface area (Å²) in [6.45, 7) is 2.91. The molecule has 1 fully saturated rings. The SMILES string of the molecule is CC1CC(NS(=O)(=O)c2ccnn2C)CCN1. The van der Waals surface area contributed by atoms with Gasteiger partial charge in [0, 0.05) is 19.1 Å². The van der Waals surface area contributed by atoms with E-state index in [4.69, 9.17) is 0 Å². The average Bonchev–Trinajstić information content (AvgIpc) is 2.64. The lowest BCUT2D eigenvalue weighted by atomic mass is 10.0. The molecule has 1 aliphatic heterocycles. The highest BCUT2D eigenvalue weighted by atomic mass is 32.2. The standard InChI is InChI=1S/C10H18N4O2S/c1-8-7-9(3-5-11-8)13-17(15,16)10-4-6-12-14(10)2/h4,6,8-9,11,13H,3,5,7H2,1-2H3. The molecule has 2 heterocycles. The van der Waals surface area contributed by atoms with E-state index >= 15 is 0 Å². The molecule has 17 heavy (non-hydrogen) atoms. The molecular weight excluding hydrogens is 240 g/mol. The van der Waals surface area contributed by atoms with E-state index in [-0.39, 0.29) is 11.1 Å². The second-order valence-electron chi connectivity index (χ2n) is 4.49. The van der Waals surface area contributed by atoms with Crippen molar-refractivity contribution in [2.45, 2.75) is 36.9 Å². The second kappa shape index (κ2) is 4.75. The summed E-state index contributed by atoms with van der Waals surface area (Å²) in [6, 6.07) is 1.86. The molecule has 0 aromatic carbocycles. The highest BCUT2D eigenvalue weighted by Crippen LogP contribution is 2.13. The maximum Gasteiger partial charge on any atom is 0.257 e. The molecule has 0 amide bonds. The molecule has 0 aliphatic carbocycles. The summed E-state index contributed by atoms with van der Waals surface area (Å²) in [5.74, 6) is 0. The van der Waals surface area contributed by atoms with Gasteiger partial charge < -0.3 is 5.32 Å². The van der Waals surface area contributed by atoms with Crippen molar-refractivity contribution < 1.29 is 8.42 Å². The smallest absolute Gasteiger partial charge is 0.257 e. The predicted octanol–water partition coefficient (Wildman–Crippen LogP) is -0.161. The van der Waals surface area contributed by atoms with Crippen LogP contribution in [0.2, 0.25) is 0 Å². The normalized spacial score (nSPS) is 26.0. The number of hydrogen-bond donors (Lipinski definition) is 2. The van der Waals surface area contributed by atoms with Gasteiger partial charge in [0.25, 0.3) is 10.0 Å². The quantitative estimate of drug-likeness (QED) is 0.790. The van der Waals surface area contributed by atoms with Crippen molar-refractivity contribution in [2.75, 3.05) is 6.54 Å². The number of sulfonamides is 1. The van der Waals surface area contributed by atoms with E-state index in [1.54, 1.807) is 7.05 Å². The van der Waals surface area contributed by atoms with Gasteiger partial charge in [0.1, 0.15) is 0 Å². The van der Waals surface area contributed by atoms with Crippen molar-refractivity contribution in [3.63, 3.8) is 0 Å². The van der Waals surface area contributed by atoms with Gasteiger partial charge in [0.2, 0.25) is 0 Å². The number of hydrogen-bond acceptors (Lipinski definition) is 4. The fourth-order valence-corrected chi connectivity index (χ4v) is 3.55. The molecule has 2 atom stereocenters. The lowest BCUT2D eigenvalue weighted by molar-refractivity contribution is 0.361. The first-order valence-electron chi connectivity index (χ1n) is 5.73. The Morgan fingerprint density at radius 1 is 1.59 bits per heavy atom. The van der Waals surface area contributed by atoms with E-state index in [0.29, 0.717) is 6.04 Å². The summed E-state index contributed by atoms with van der Waals surface area (Å²) < 4.78 is 28.3. The summed E-state index contributed by atoms with van der Waals surface area (Å²) in [5.41, 5.74) is 0. The molecule has 0 spiro atoms. The van der Waals surface area contributed by atoms with Crippen LogP contribution in [0, 0.1) is 0 Å². The van der Waals surface area contributed by atoms with E-state index in [1.807, 2.05) is 0 Å². The maximum atomic E-state index is 12.1. The molecule has 2 unspecified atom stereocenters. The molecule has 96 valence electrons. The molecule has 1 aliphatic rings. The van der Waals surface area contributed by atoms with Gasteiger partial charge in [0.15, 0.2) is 5.03 Å². The van der Waals surface area contributed by atoms with Crippen LogP contribution in [-0.4, -0.2) is 36.8 Å². The summed E-state index contributed by atoms with van der Waals surface area (Å²) in [7, 11) is -1.82. The van der Waals surface area contributed by atoms with E-state index in [1.165, 1.54) is 16.9 Å². The second-order valence-corrected chi connectivity index (χ2v) is 6.15. The molecule has 1 aromatic rings. The minimum atomic E-state index is -3.45. The van der Waals surface area contributed by atoms with Crippen molar-refractivity contribution in [1.82, 2.24) is 19.8 Å². The molecule has 7 heteroatoms. The Morgan fingerprint density at radius 3 is 2.94 bits per heavy atom. The Kier molecular flexibility index (Phi) is 3.50. The van der Waals surface area contributed by atoms with Gasteiger partial charge in [-0.05, 0) is 32.4 Å². The Balaban J connectivity index is 2.10. The van der Waals surface area contributed by atoms with Crippen molar-refractivity contribution in [2.24, 2.45) is 7.05 Å². The molecule has 0 radical (unpaired) electrons. The van der Waals surface area contributed by atoms with Crippen LogP contribution in [0.15, 0.2) is 17.3 Å². The van der Waals surface area contributed by atoms with E-state index in [2.05, 4.69) is 22.1 Å². The molecule has 0 bridgehead atoms. The van der Waals surface area contributed by atoms with Crippen LogP contribution in [0.25, 0.3) is 0 Å². The van der Waals surface area contributed by atoms with Crippen LogP contribution in [0.3, 0.4) is 0 Å². The summed E-state index contributed by atoms with van der Waals surface area (Å²) in [4.78, 5) is 0. The van der Waals surface area contributed by atoms with Crippen molar-refractivity contribution >= 4 is 10.0 Å². The zero-order valence-corrected chi connectivity index (χ0v) is 10.9. The number of aromatic nitrogens is 2. The first-order valence-corrected chi connectivity index (χ1v) is 7.21. The van der Waals surface area contributed by atoms with Crippen LogP contribution < -0.4 is 10.0 Å². The third-order valence-corrected chi connectivity index (χ3v) is 4.59. The van der Waals surface area contributed by atoms with Gasteiger partial charge in [-0.1, -0.05) is 0 Å². The minimum absolute atomic E-state index is 0.00569. The summed E-state index contributed by atoms with van der Waals surface area (Å²) in [5, 5.41) is 7.38. The summed E-state index contributed by atoms with van der Waals surface area (Å²) in [6.07, 6.45) is 3.12. The molecule has 2 rings (SSSR count). The van der Waals surface area contributed by atoms with Gasteiger partial charge in [-0.25, -0.2) is 13.1 Å².